The van der Waals surface area contributed by atoms with Crippen LogP contribution in [0, 0.1) is 23.7 Å². The van der Waals surface area contributed by atoms with Gasteiger partial charge in [-0.05, 0) is 160 Å². The smallest absolute Gasteiger partial charge is 0.494 e. The molecule has 0 aromatic heterocycles. The molecular formula is C57H80B2O6. The van der Waals surface area contributed by atoms with Crippen molar-refractivity contribution in [1.29, 1.82) is 0 Å². The molecule has 2 saturated heterocycles. The van der Waals surface area contributed by atoms with Gasteiger partial charge in [-0.25, -0.2) is 0 Å². The Bertz CT molecular complexity index is 2020. The summed E-state index contributed by atoms with van der Waals surface area (Å²) in [6.45, 7) is 32.3. The monoisotopic (exact) mass is 883 g/mol. The van der Waals surface area contributed by atoms with Crippen LogP contribution in [0.15, 0.2) is 84.9 Å². The predicted molar refractivity (Wildman–Crippen MR) is 271 cm³/mol. The van der Waals surface area contributed by atoms with Gasteiger partial charge in [0.15, 0.2) is 0 Å². The van der Waals surface area contributed by atoms with E-state index in [-0.39, 0.29) is 0 Å². The zero-order valence-electron chi connectivity index (χ0n) is 42.6. The molecular weight excluding hydrogens is 802 g/mol. The Labute approximate surface area is 394 Å². The lowest BCUT2D eigenvalue weighted by molar-refractivity contribution is 0.00578. The fourth-order valence-electron chi connectivity index (χ4n) is 9.80. The molecule has 2 heterocycles. The molecule has 0 radical (unpaired) electrons. The van der Waals surface area contributed by atoms with Crippen molar-refractivity contribution < 1.29 is 28.1 Å². The van der Waals surface area contributed by atoms with Crippen molar-refractivity contribution in [3.05, 3.63) is 107 Å². The Kier molecular flexibility index (Phi) is 14.9. The Hall–Kier alpha value is -3.55. The van der Waals surface area contributed by atoms with E-state index in [1.807, 2.05) is 0 Å². The number of ether oxygens (including phenoxy) is 2. The predicted octanol–water partition coefficient (Wildman–Crippen LogP) is 13.1. The lowest BCUT2D eigenvalue weighted by Crippen LogP contribution is -2.41. The summed E-state index contributed by atoms with van der Waals surface area (Å²) in [6, 6.07) is 31.3. The topological polar surface area (TPSA) is 55.4 Å². The maximum Gasteiger partial charge on any atom is 0.494 e. The maximum absolute atomic E-state index is 6.71. The summed E-state index contributed by atoms with van der Waals surface area (Å²) < 4.78 is 39.8. The highest BCUT2D eigenvalue weighted by Crippen LogP contribution is 2.56. The summed E-state index contributed by atoms with van der Waals surface area (Å²) in [5.74, 6) is 4.53. The van der Waals surface area contributed by atoms with Crippen molar-refractivity contribution in [3.8, 4) is 22.6 Å². The van der Waals surface area contributed by atoms with Crippen molar-refractivity contribution >= 4 is 25.2 Å². The van der Waals surface area contributed by atoms with Gasteiger partial charge in [-0.1, -0.05) is 141 Å². The lowest BCUT2D eigenvalue weighted by Gasteiger charge is -2.34. The van der Waals surface area contributed by atoms with E-state index in [9.17, 15) is 0 Å². The second-order valence-electron chi connectivity index (χ2n) is 22.7. The summed E-state index contributed by atoms with van der Waals surface area (Å²) >= 11 is 0. The minimum absolute atomic E-state index is 0.474. The quantitative estimate of drug-likeness (QED) is 0.0726. The third kappa shape index (κ3) is 10.5. The van der Waals surface area contributed by atoms with Crippen molar-refractivity contribution in [1.82, 2.24) is 0 Å². The van der Waals surface area contributed by atoms with Crippen LogP contribution in [0.2, 0.25) is 0 Å². The van der Waals surface area contributed by atoms with Gasteiger partial charge in [0.1, 0.15) is 11.5 Å². The van der Waals surface area contributed by atoms with Crippen molar-refractivity contribution in [2.75, 3.05) is 13.2 Å². The molecule has 0 spiro atoms. The van der Waals surface area contributed by atoms with Crippen LogP contribution in [0.1, 0.15) is 171 Å². The summed E-state index contributed by atoms with van der Waals surface area (Å²) in [7, 11) is -1.03. The molecule has 0 bridgehead atoms. The SMILES string of the molecule is CC(C)CCCC(C)CCOc1ccc(C2(c3ccc(OCCC(C)CCCC(C)C)cc3)c3cc(B4OC(C)(C)C(C)(C)O4)ccc3-c3ccc(B4OC(C)(C)C(C)(C)O4)cc32)cc1. The van der Waals surface area contributed by atoms with E-state index in [1.54, 1.807) is 0 Å². The van der Waals surface area contributed by atoms with Crippen molar-refractivity contribution in [2.45, 2.75) is 176 Å². The van der Waals surface area contributed by atoms with E-state index in [0.29, 0.717) is 25.0 Å². The molecule has 0 saturated carbocycles. The first-order chi connectivity index (χ1) is 30.6. The summed E-state index contributed by atoms with van der Waals surface area (Å²) in [5, 5.41) is 0. The van der Waals surface area contributed by atoms with Crippen LogP contribution in [0.25, 0.3) is 11.1 Å². The van der Waals surface area contributed by atoms with Gasteiger partial charge in [-0.15, -0.1) is 0 Å². The van der Waals surface area contributed by atoms with E-state index in [1.165, 1.54) is 60.8 Å². The highest BCUT2D eigenvalue weighted by molar-refractivity contribution is 6.62. The molecule has 0 N–H and O–H groups in total. The molecule has 2 fully saturated rings. The molecule has 2 atom stereocenters. The molecule has 8 heteroatoms. The molecule has 65 heavy (non-hydrogen) atoms. The second kappa shape index (κ2) is 19.6. The van der Waals surface area contributed by atoms with Crippen LogP contribution in [-0.4, -0.2) is 49.9 Å². The first-order valence-corrected chi connectivity index (χ1v) is 25.1. The zero-order valence-corrected chi connectivity index (χ0v) is 42.6. The van der Waals surface area contributed by atoms with E-state index >= 15 is 0 Å². The molecule has 7 rings (SSSR count). The Morgan fingerprint density at radius 2 is 0.769 bits per heavy atom. The molecule has 6 nitrogen and oxygen atoms in total. The number of rotatable bonds is 20. The molecule has 2 aliphatic heterocycles. The highest BCUT2D eigenvalue weighted by atomic mass is 16.7. The van der Waals surface area contributed by atoms with Gasteiger partial charge in [-0.3, -0.25) is 0 Å². The second-order valence-corrected chi connectivity index (χ2v) is 22.7. The van der Waals surface area contributed by atoms with Gasteiger partial charge in [0, 0.05) is 0 Å². The van der Waals surface area contributed by atoms with Gasteiger partial charge in [0.05, 0.1) is 41.0 Å². The summed E-state index contributed by atoms with van der Waals surface area (Å²) in [4.78, 5) is 0. The fraction of sp³-hybridized carbons (Fsp3) is 0.579. The zero-order chi connectivity index (χ0) is 47.0. The lowest BCUT2D eigenvalue weighted by atomic mass is 9.65. The van der Waals surface area contributed by atoms with Crippen LogP contribution >= 0.6 is 0 Å². The van der Waals surface area contributed by atoms with Gasteiger partial charge >= 0.3 is 14.2 Å². The maximum atomic E-state index is 6.71. The molecule has 350 valence electrons. The largest absolute Gasteiger partial charge is 0.494 e. The molecule has 1 aliphatic carbocycles. The van der Waals surface area contributed by atoms with Gasteiger partial charge in [0.2, 0.25) is 0 Å². The Morgan fingerprint density at radius 3 is 1.09 bits per heavy atom. The van der Waals surface area contributed by atoms with E-state index in [0.717, 1.165) is 58.2 Å². The highest BCUT2D eigenvalue weighted by Gasteiger charge is 2.55. The minimum Gasteiger partial charge on any atom is -0.494 e. The van der Waals surface area contributed by atoms with Crippen LogP contribution in [0.3, 0.4) is 0 Å². The van der Waals surface area contributed by atoms with Gasteiger partial charge in [-0.2, -0.15) is 0 Å². The van der Waals surface area contributed by atoms with Crippen LogP contribution in [0.5, 0.6) is 11.5 Å². The molecule has 3 aliphatic rings. The average molecular weight is 883 g/mol. The number of hydrogen-bond donors (Lipinski definition) is 0. The normalized spacial score (nSPS) is 19.7. The van der Waals surface area contributed by atoms with E-state index in [4.69, 9.17) is 28.1 Å². The fourth-order valence-corrected chi connectivity index (χ4v) is 9.80. The van der Waals surface area contributed by atoms with Gasteiger partial charge < -0.3 is 28.1 Å². The number of benzene rings is 4. The summed E-state index contributed by atoms with van der Waals surface area (Å²) in [6.07, 6.45) is 9.68. The molecule has 4 aromatic carbocycles. The van der Waals surface area contributed by atoms with Crippen molar-refractivity contribution in [3.63, 3.8) is 0 Å². The standard InChI is InChI=1S/C57H80B2O6/c1-39(2)17-15-19-41(5)33-35-60-47-27-21-43(22-28-47)57(44-23-29-48(30-24-44)61-36-34-42(6)20-16-18-40(3)4)51-37-45(58-62-53(7,8)54(9,10)63-58)25-31-49(51)50-32-26-46(38-52(50)57)59-64-55(11,12)56(13,14)65-59/h21-32,37-42H,15-20,33-36H2,1-14H3. The average Bonchev–Trinajstić information content (AvgIpc) is 3.75. The molecule has 4 aromatic rings. The minimum atomic E-state index is -0.725. The Balaban J connectivity index is 1.30. The third-order valence-electron chi connectivity index (χ3n) is 15.5. The van der Waals surface area contributed by atoms with Crippen LogP contribution in [-0.2, 0) is 24.0 Å². The van der Waals surface area contributed by atoms with Crippen molar-refractivity contribution in [2.24, 2.45) is 23.7 Å². The first-order valence-electron chi connectivity index (χ1n) is 25.1. The van der Waals surface area contributed by atoms with E-state index < -0.39 is 42.1 Å². The summed E-state index contributed by atoms with van der Waals surface area (Å²) in [5.41, 5.74) is 6.38. The first kappa shape index (κ1) is 49.4. The van der Waals surface area contributed by atoms with Crippen LogP contribution < -0.4 is 20.4 Å². The van der Waals surface area contributed by atoms with Gasteiger partial charge in [0.25, 0.3) is 0 Å². The van der Waals surface area contributed by atoms with E-state index in [2.05, 4.69) is 182 Å². The number of hydrogen-bond acceptors (Lipinski definition) is 6. The molecule has 0 amide bonds. The van der Waals surface area contributed by atoms with Crippen LogP contribution in [0.4, 0.5) is 0 Å². The third-order valence-corrected chi connectivity index (χ3v) is 15.5. The number of fused-ring (bicyclic) bond motifs is 3. The molecule has 2 unspecified atom stereocenters. The Morgan fingerprint density at radius 1 is 0.431 bits per heavy atom.